The fraction of sp³-hybridized carbons (Fsp3) is 0.917. The molecule has 2 rings (SSSR count). The first-order valence-corrected chi connectivity index (χ1v) is 6.65. The summed E-state index contributed by atoms with van der Waals surface area (Å²) in [4.78, 5) is 15.8. The van der Waals surface area contributed by atoms with Crippen LogP contribution in [0.1, 0.15) is 19.3 Å². The van der Waals surface area contributed by atoms with Gasteiger partial charge in [0.2, 0.25) is 5.91 Å². The zero-order valence-corrected chi connectivity index (χ0v) is 10.5. The first-order valence-electron chi connectivity index (χ1n) is 6.65. The Morgan fingerprint density at radius 1 is 1.18 bits per heavy atom. The van der Waals surface area contributed by atoms with Crippen LogP contribution in [-0.4, -0.2) is 61.0 Å². The second-order valence-corrected chi connectivity index (χ2v) is 5.38. The molecule has 17 heavy (non-hydrogen) atoms. The lowest BCUT2D eigenvalue weighted by Gasteiger charge is -2.35. The lowest BCUT2D eigenvalue weighted by Crippen LogP contribution is -2.48. The van der Waals surface area contributed by atoms with Crippen LogP contribution in [0.15, 0.2) is 0 Å². The van der Waals surface area contributed by atoms with Crippen molar-refractivity contribution in [3.63, 3.8) is 0 Å². The van der Waals surface area contributed by atoms with Gasteiger partial charge in [-0.1, -0.05) is 0 Å². The van der Waals surface area contributed by atoms with E-state index < -0.39 is 11.9 Å². The van der Waals surface area contributed by atoms with Gasteiger partial charge < -0.3 is 21.3 Å². The third kappa shape index (κ3) is 4.26. The van der Waals surface area contributed by atoms with Gasteiger partial charge in [0.15, 0.2) is 0 Å². The average molecular weight is 240 g/mol. The van der Waals surface area contributed by atoms with E-state index in [1.165, 1.54) is 19.4 Å². The number of piperazine rings is 1. The molecule has 5 heteroatoms. The minimum atomic E-state index is -0.487. The van der Waals surface area contributed by atoms with Crippen LogP contribution in [-0.2, 0) is 4.79 Å². The van der Waals surface area contributed by atoms with Crippen molar-refractivity contribution in [2.45, 2.75) is 25.3 Å². The maximum absolute atomic E-state index is 10.8. The van der Waals surface area contributed by atoms with Crippen molar-refractivity contribution in [3.05, 3.63) is 0 Å². The van der Waals surface area contributed by atoms with Crippen LogP contribution in [0.25, 0.3) is 0 Å². The van der Waals surface area contributed by atoms with Gasteiger partial charge >= 0.3 is 0 Å². The Kier molecular flexibility index (Phi) is 4.36. The van der Waals surface area contributed by atoms with E-state index in [1.807, 2.05) is 0 Å². The summed E-state index contributed by atoms with van der Waals surface area (Å²) in [6.07, 6.45) is 3.53. The maximum atomic E-state index is 10.8. The molecule has 0 aromatic carbocycles. The summed E-state index contributed by atoms with van der Waals surface area (Å²) in [5.74, 6) is 0.585. The third-order valence-electron chi connectivity index (χ3n) is 3.80. The normalized spacial score (nSPS) is 24.8. The van der Waals surface area contributed by atoms with E-state index in [0.717, 1.165) is 38.6 Å². The van der Waals surface area contributed by atoms with Crippen LogP contribution >= 0.6 is 0 Å². The van der Waals surface area contributed by atoms with Crippen molar-refractivity contribution in [2.24, 2.45) is 17.4 Å². The van der Waals surface area contributed by atoms with Crippen LogP contribution in [0.2, 0.25) is 0 Å². The molecule has 1 unspecified atom stereocenters. The van der Waals surface area contributed by atoms with E-state index in [0.29, 0.717) is 6.42 Å². The lowest BCUT2D eigenvalue weighted by atomic mass is 10.2. The number of carbonyl (C=O) groups is 1. The topological polar surface area (TPSA) is 75.6 Å². The zero-order valence-electron chi connectivity index (χ0n) is 10.5. The SMILES string of the molecule is NC(=O)C(N)CCN1CCN(CC2CC2)CC1. The molecule has 2 aliphatic rings. The molecule has 0 radical (unpaired) electrons. The molecule has 1 saturated carbocycles. The molecule has 98 valence electrons. The highest BCUT2D eigenvalue weighted by Crippen LogP contribution is 2.29. The Morgan fingerprint density at radius 3 is 2.29 bits per heavy atom. The molecule has 1 amide bonds. The minimum absolute atomic E-state index is 0.391. The second-order valence-electron chi connectivity index (χ2n) is 5.38. The smallest absolute Gasteiger partial charge is 0.234 e. The standard InChI is InChI=1S/C12H24N4O/c13-11(12(14)17)3-4-15-5-7-16(8-6-15)9-10-1-2-10/h10-11H,1-9,13H2,(H2,14,17). The number of hydrogen-bond acceptors (Lipinski definition) is 4. The quantitative estimate of drug-likeness (QED) is 0.638. The summed E-state index contributed by atoms with van der Waals surface area (Å²) in [5.41, 5.74) is 10.8. The van der Waals surface area contributed by atoms with E-state index in [4.69, 9.17) is 11.5 Å². The van der Waals surface area contributed by atoms with Gasteiger partial charge in [-0.15, -0.1) is 0 Å². The minimum Gasteiger partial charge on any atom is -0.368 e. The maximum Gasteiger partial charge on any atom is 0.234 e. The van der Waals surface area contributed by atoms with E-state index in [9.17, 15) is 4.79 Å². The fourth-order valence-electron chi connectivity index (χ4n) is 2.32. The Morgan fingerprint density at radius 2 is 1.76 bits per heavy atom. The molecule has 2 fully saturated rings. The molecule has 0 bridgehead atoms. The Balaban J connectivity index is 1.59. The molecular formula is C12H24N4O. The predicted molar refractivity (Wildman–Crippen MR) is 67.4 cm³/mol. The molecule has 0 aromatic rings. The Bertz CT molecular complexity index is 259. The largest absolute Gasteiger partial charge is 0.368 e. The fourth-order valence-corrected chi connectivity index (χ4v) is 2.32. The molecule has 5 nitrogen and oxygen atoms in total. The van der Waals surface area contributed by atoms with E-state index >= 15 is 0 Å². The van der Waals surface area contributed by atoms with Gasteiger partial charge in [0, 0.05) is 39.3 Å². The summed E-state index contributed by atoms with van der Waals surface area (Å²) in [6, 6.07) is -0.487. The number of carbonyl (C=O) groups excluding carboxylic acids is 1. The molecule has 1 atom stereocenters. The molecule has 0 spiro atoms. The van der Waals surface area contributed by atoms with Crippen LogP contribution in [0.5, 0.6) is 0 Å². The molecule has 4 N–H and O–H groups in total. The monoisotopic (exact) mass is 240 g/mol. The molecular weight excluding hydrogens is 216 g/mol. The van der Waals surface area contributed by atoms with E-state index in [1.54, 1.807) is 0 Å². The van der Waals surface area contributed by atoms with Gasteiger partial charge in [0.1, 0.15) is 0 Å². The van der Waals surface area contributed by atoms with Crippen molar-refractivity contribution in [1.29, 1.82) is 0 Å². The van der Waals surface area contributed by atoms with Crippen LogP contribution in [0.3, 0.4) is 0 Å². The number of nitrogens with zero attached hydrogens (tertiary/aromatic N) is 2. The number of primary amides is 1. The van der Waals surface area contributed by atoms with Crippen molar-refractivity contribution >= 4 is 5.91 Å². The summed E-state index contributed by atoms with van der Waals surface area (Å²) >= 11 is 0. The number of amides is 1. The van der Waals surface area contributed by atoms with Crippen molar-refractivity contribution in [1.82, 2.24) is 9.80 Å². The zero-order chi connectivity index (χ0) is 12.3. The number of rotatable bonds is 6. The van der Waals surface area contributed by atoms with Gasteiger partial charge in [0.25, 0.3) is 0 Å². The summed E-state index contributed by atoms with van der Waals surface area (Å²) in [7, 11) is 0. The van der Waals surface area contributed by atoms with Gasteiger partial charge in [-0.25, -0.2) is 0 Å². The summed E-state index contributed by atoms with van der Waals surface area (Å²) < 4.78 is 0. The lowest BCUT2D eigenvalue weighted by molar-refractivity contribution is -0.119. The molecule has 1 heterocycles. The van der Waals surface area contributed by atoms with Crippen LogP contribution in [0, 0.1) is 5.92 Å². The van der Waals surface area contributed by atoms with Crippen molar-refractivity contribution < 1.29 is 4.79 Å². The number of hydrogen-bond donors (Lipinski definition) is 2. The predicted octanol–water partition coefficient (Wildman–Crippen LogP) is -0.783. The second kappa shape index (κ2) is 5.80. The summed E-state index contributed by atoms with van der Waals surface area (Å²) in [6.45, 7) is 6.68. The van der Waals surface area contributed by atoms with Crippen molar-refractivity contribution in [2.75, 3.05) is 39.3 Å². The average Bonchev–Trinajstić information content (AvgIpc) is 3.11. The van der Waals surface area contributed by atoms with Crippen molar-refractivity contribution in [3.8, 4) is 0 Å². The highest BCUT2D eigenvalue weighted by Gasteiger charge is 2.26. The highest BCUT2D eigenvalue weighted by atomic mass is 16.1. The van der Waals surface area contributed by atoms with Gasteiger partial charge in [-0.2, -0.15) is 0 Å². The highest BCUT2D eigenvalue weighted by molar-refractivity contribution is 5.79. The van der Waals surface area contributed by atoms with E-state index in [-0.39, 0.29) is 0 Å². The van der Waals surface area contributed by atoms with Gasteiger partial charge in [-0.05, 0) is 25.2 Å². The Hall–Kier alpha value is -0.650. The van der Waals surface area contributed by atoms with Gasteiger partial charge in [0.05, 0.1) is 6.04 Å². The summed E-state index contributed by atoms with van der Waals surface area (Å²) in [5, 5.41) is 0. The molecule has 0 aromatic heterocycles. The molecule has 1 saturated heterocycles. The number of nitrogens with two attached hydrogens (primary N) is 2. The Labute approximate surface area is 103 Å². The van der Waals surface area contributed by atoms with Crippen LogP contribution in [0.4, 0.5) is 0 Å². The molecule has 1 aliphatic carbocycles. The first-order chi connectivity index (χ1) is 8.15. The molecule has 1 aliphatic heterocycles. The third-order valence-corrected chi connectivity index (χ3v) is 3.80. The van der Waals surface area contributed by atoms with Crippen LogP contribution < -0.4 is 11.5 Å². The van der Waals surface area contributed by atoms with E-state index in [2.05, 4.69) is 9.80 Å². The van der Waals surface area contributed by atoms with Gasteiger partial charge in [-0.3, -0.25) is 4.79 Å². The first kappa shape index (κ1) is 12.8.